The molecule has 0 aliphatic heterocycles. The van der Waals surface area contributed by atoms with Crippen LogP contribution >= 0.6 is 11.3 Å². The number of carbonyl (C=O) groups excluding carboxylic acids is 1. The summed E-state index contributed by atoms with van der Waals surface area (Å²) < 4.78 is 5.37. The van der Waals surface area contributed by atoms with Gasteiger partial charge in [-0.3, -0.25) is 4.79 Å². The number of primary amides is 1. The van der Waals surface area contributed by atoms with E-state index < -0.39 is 5.91 Å². The molecule has 0 radical (unpaired) electrons. The van der Waals surface area contributed by atoms with E-state index in [4.69, 9.17) is 16.2 Å². The van der Waals surface area contributed by atoms with Gasteiger partial charge in [0.05, 0.1) is 10.6 Å². The van der Waals surface area contributed by atoms with Crippen LogP contribution in [0.1, 0.15) is 11.1 Å². The van der Waals surface area contributed by atoms with Crippen LogP contribution in [-0.2, 0) is 4.79 Å². The van der Waals surface area contributed by atoms with E-state index in [-0.39, 0.29) is 12.4 Å². The van der Waals surface area contributed by atoms with E-state index in [0.29, 0.717) is 16.9 Å². The maximum Gasteiger partial charge on any atom is 0.255 e. The Morgan fingerprint density at radius 2 is 2.15 bits per heavy atom. The molecular formula is C19H16N4O2S. The molecule has 4 N–H and O–H groups in total. The summed E-state index contributed by atoms with van der Waals surface area (Å²) in [5.74, 6) is 0.107. The van der Waals surface area contributed by atoms with Crippen LogP contribution < -0.4 is 16.2 Å². The Hall–Kier alpha value is -3.37. The van der Waals surface area contributed by atoms with Crippen LogP contribution in [0, 0.1) is 18.3 Å². The Morgan fingerprint density at radius 1 is 1.35 bits per heavy atom. The number of nitrogens with zero attached hydrogens (tertiary/aromatic N) is 2. The van der Waals surface area contributed by atoms with E-state index in [1.54, 1.807) is 29.5 Å². The third kappa shape index (κ3) is 3.36. The highest BCUT2D eigenvalue weighted by atomic mass is 32.1. The number of rotatable bonds is 5. The van der Waals surface area contributed by atoms with E-state index in [2.05, 4.69) is 11.1 Å². The van der Waals surface area contributed by atoms with Crippen molar-refractivity contribution in [3.8, 4) is 33.5 Å². The molecule has 26 heavy (non-hydrogen) atoms. The molecule has 0 aliphatic carbocycles. The van der Waals surface area contributed by atoms with Crippen molar-refractivity contribution in [2.24, 2.45) is 5.73 Å². The van der Waals surface area contributed by atoms with Gasteiger partial charge in [0.2, 0.25) is 0 Å². The maximum absolute atomic E-state index is 10.9. The summed E-state index contributed by atoms with van der Waals surface area (Å²) in [6.07, 6.45) is 0. The van der Waals surface area contributed by atoms with Crippen molar-refractivity contribution >= 4 is 23.1 Å². The minimum atomic E-state index is -0.558. The Bertz CT molecular complexity index is 1010. The monoisotopic (exact) mass is 364 g/mol. The molecule has 1 aromatic carbocycles. The summed E-state index contributed by atoms with van der Waals surface area (Å²) in [5.41, 5.74) is 14.6. The van der Waals surface area contributed by atoms with E-state index in [9.17, 15) is 10.1 Å². The molecule has 2 heterocycles. The minimum Gasteiger partial charge on any atom is -0.484 e. The zero-order valence-corrected chi connectivity index (χ0v) is 14.8. The molecule has 0 saturated heterocycles. The van der Waals surface area contributed by atoms with Gasteiger partial charge in [0.15, 0.2) is 6.61 Å². The van der Waals surface area contributed by atoms with Gasteiger partial charge in [-0.2, -0.15) is 5.26 Å². The molecule has 0 bridgehead atoms. The lowest BCUT2D eigenvalue weighted by atomic mass is 9.94. The molecule has 0 saturated carbocycles. The van der Waals surface area contributed by atoms with Gasteiger partial charge in [0.25, 0.3) is 5.91 Å². The highest BCUT2D eigenvalue weighted by Crippen LogP contribution is 2.38. The molecule has 3 aromatic rings. The van der Waals surface area contributed by atoms with Gasteiger partial charge in [0, 0.05) is 5.56 Å². The first-order valence-electron chi connectivity index (χ1n) is 7.77. The minimum absolute atomic E-state index is 0.181. The zero-order chi connectivity index (χ0) is 18.7. The van der Waals surface area contributed by atoms with Crippen LogP contribution in [0.2, 0.25) is 0 Å². The second-order valence-corrected chi connectivity index (χ2v) is 6.54. The number of ether oxygens (including phenoxy) is 1. The summed E-state index contributed by atoms with van der Waals surface area (Å²) in [4.78, 5) is 16.3. The van der Waals surface area contributed by atoms with Crippen molar-refractivity contribution in [1.29, 1.82) is 5.26 Å². The molecule has 0 fully saturated rings. The Kier molecular flexibility index (Phi) is 4.87. The highest BCUT2D eigenvalue weighted by Gasteiger charge is 2.19. The quantitative estimate of drug-likeness (QED) is 0.722. The average molecular weight is 364 g/mol. The van der Waals surface area contributed by atoms with Gasteiger partial charge in [0.1, 0.15) is 23.2 Å². The molecule has 3 rings (SSSR count). The van der Waals surface area contributed by atoms with E-state index in [1.165, 1.54) is 0 Å². The average Bonchev–Trinajstić information content (AvgIpc) is 3.15. The number of nitrogens with two attached hydrogens (primary N) is 2. The van der Waals surface area contributed by atoms with Crippen LogP contribution in [0.15, 0.2) is 41.8 Å². The highest BCUT2D eigenvalue weighted by molar-refractivity contribution is 7.13. The molecule has 0 aliphatic rings. The smallest absolute Gasteiger partial charge is 0.255 e. The van der Waals surface area contributed by atoms with E-state index in [1.807, 2.05) is 30.5 Å². The van der Waals surface area contributed by atoms with Gasteiger partial charge in [-0.05, 0) is 41.6 Å². The standard InChI is InChI=1S/C19H16N4O2S/c1-11-17(12-4-2-5-13(8-12)25-10-16(21)24)14(9-20)19(22)23-18(11)15-6-3-7-26-15/h2-8H,10H2,1H3,(H2,21,24)(H2,22,23). The fraction of sp³-hybridized carbons (Fsp3) is 0.105. The van der Waals surface area contributed by atoms with Gasteiger partial charge in [-0.15, -0.1) is 11.3 Å². The predicted octanol–water partition coefficient (Wildman–Crippen LogP) is 3.10. The molecule has 0 atom stereocenters. The predicted molar refractivity (Wildman–Crippen MR) is 102 cm³/mol. The Balaban J connectivity index is 2.17. The maximum atomic E-state index is 10.9. The fourth-order valence-corrected chi connectivity index (χ4v) is 3.49. The van der Waals surface area contributed by atoms with Gasteiger partial charge in [-0.1, -0.05) is 18.2 Å². The van der Waals surface area contributed by atoms with Crippen molar-refractivity contribution in [3.05, 3.63) is 52.9 Å². The van der Waals surface area contributed by atoms with Crippen LogP contribution in [0.5, 0.6) is 5.75 Å². The fourth-order valence-electron chi connectivity index (χ4n) is 2.72. The lowest BCUT2D eigenvalue weighted by molar-refractivity contribution is -0.119. The van der Waals surface area contributed by atoms with Crippen LogP contribution in [0.3, 0.4) is 0 Å². The van der Waals surface area contributed by atoms with Crippen LogP contribution in [0.25, 0.3) is 21.7 Å². The van der Waals surface area contributed by atoms with E-state index >= 15 is 0 Å². The molecule has 1 amide bonds. The lowest BCUT2D eigenvalue weighted by Gasteiger charge is -2.15. The molecule has 0 spiro atoms. The number of benzene rings is 1. The third-order valence-electron chi connectivity index (χ3n) is 3.84. The van der Waals surface area contributed by atoms with Crippen molar-refractivity contribution in [2.75, 3.05) is 12.3 Å². The summed E-state index contributed by atoms with van der Waals surface area (Å²) in [6, 6.07) is 13.2. The largest absolute Gasteiger partial charge is 0.484 e. The molecule has 130 valence electrons. The molecular weight excluding hydrogens is 348 g/mol. The SMILES string of the molecule is Cc1c(-c2cccs2)nc(N)c(C#N)c1-c1cccc(OCC(N)=O)c1. The second kappa shape index (κ2) is 7.25. The third-order valence-corrected chi connectivity index (χ3v) is 4.72. The van der Waals surface area contributed by atoms with Crippen LogP contribution in [0.4, 0.5) is 5.82 Å². The first-order chi connectivity index (χ1) is 12.5. The van der Waals surface area contributed by atoms with E-state index in [0.717, 1.165) is 21.7 Å². The van der Waals surface area contributed by atoms with Gasteiger partial charge >= 0.3 is 0 Å². The number of aromatic nitrogens is 1. The van der Waals surface area contributed by atoms with Gasteiger partial charge < -0.3 is 16.2 Å². The normalized spacial score (nSPS) is 10.3. The number of anilines is 1. The molecule has 2 aromatic heterocycles. The van der Waals surface area contributed by atoms with Crippen molar-refractivity contribution in [2.45, 2.75) is 6.92 Å². The number of nitrogen functional groups attached to an aromatic ring is 1. The molecule has 6 nitrogen and oxygen atoms in total. The Labute approximate surface area is 154 Å². The summed E-state index contributed by atoms with van der Waals surface area (Å²) in [5, 5.41) is 11.6. The van der Waals surface area contributed by atoms with Crippen molar-refractivity contribution in [1.82, 2.24) is 4.98 Å². The topological polar surface area (TPSA) is 115 Å². The first kappa shape index (κ1) is 17.5. The number of carbonyl (C=O) groups is 1. The number of hydrogen-bond donors (Lipinski definition) is 2. The lowest BCUT2D eigenvalue weighted by Crippen LogP contribution is -2.20. The Morgan fingerprint density at radius 3 is 2.81 bits per heavy atom. The van der Waals surface area contributed by atoms with Crippen LogP contribution in [-0.4, -0.2) is 17.5 Å². The zero-order valence-electron chi connectivity index (χ0n) is 14.0. The van der Waals surface area contributed by atoms with Gasteiger partial charge in [-0.25, -0.2) is 4.98 Å². The number of pyridine rings is 1. The molecule has 0 unspecified atom stereocenters. The number of amides is 1. The number of nitriles is 1. The summed E-state index contributed by atoms with van der Waals surface area (Å²) in [6.45, 7) is 1.70. The molecule has 7 heteroatoms. The van der Waals surface area contributed by atoms with Crippen molar-refractivity contribution < 1.29 is 9.53 Å². The second-order valence-electron chi connectivity index (χ2n) is 5.59. The summed E-state index contributed by atoms with van der Waals surface area (Å²) in [7, 11) is 0. The number of hydrogen-bond acceptors (Lipinski definition) is 6. The first-order valence-corrected chi connectivity index (χ1v) is 8.64. The summed E-state index contributed by atoms with van der Waals surface area (Å²) >= 11 is 1.55. The van der Waals surface area contributed by atoms with Crippen molar-refractivity contribution in [3.63, 3.8) is 0 Å². The number of thiophene rings is 1.